The van der Waals surface area contributed by atoms with Crippen molar-refractivity contribution in [3.63, 3.8) is 0 Å². The Bertz CT molecular complexity index is 445. The topological polar surface area (TPSA) is 63.0 Å². The van der Waals surface area contributed by atoms with Crippen LogP contribution in [0.25, 0.3) is 5.78 Å². The van der Waals surface area contributed by atoms with E-state index >= 15 is 0 Å². The lowest BCUT2D eigenvalue weighted by Gasteiger charge is -1.88. The van der Waals surface area contributed by atoms with Crippen LogP contribution in [0.5, 0.6) is 0 Å². The maximum absolute atomic E-state index is 10.9. The molecule has 0 amide bonds. The van der Waals surface area contributed by atoms with Gasteiger partial charge in [0.05, 0.1) is 11.2 Å². The van der Waals surface area contributed by atoms with Crippen molar-refractivity contribution in [3.8, 4) is 0 Å². The molecule has 5 nitrogen and oxygen atoms in total. The first-order chi connectivity index (χ1) is 5.27. The fourth-order valence-electron chi connectivity index (χ4n) is 0.780. The van der Waals surface area contributed by atoms with Crippen LogP contribution in [0.2, 0.25) is 5.02 Å². The smallest absolute Gasteiger partial charge is 0.246 e. The van der Waals surface area contributed by atoms with Gasteiger partial charge in [-0.15, -0.1) is 5.10 Å². The minimum Gasteiger partial charge on any atom is -0.246 e. The molecule has 0 fully saturated rings. The van der Waals surface area contributed by atoms with Crippen LogP contribution in [-0.2, 0) is 0 Å². The lowest BCUT2D eigenvalue weighted by atomic mass is 10.7. The molecule has 0 aromatic carbocycles. The van der Waals surface area contributed by atoms with E-state index in [1.807, 2.05) is 0 Å². The predicted molar refractivity (Wildman–Crippen MR) is 38.6 cm³/mol. The number of nitrogens with zero attached hydrogens (tertiary/aromatic N) is 3. The summed E-state index contributed by atoms with van der Waals surface area (Å²) in [6, 6.07) is 0. The highest BCUT2D eigenvalue weighted by molar-refractivity contribution is 6.30. The molecule has 0 aliphatic rings. The molecule has 6 heteroatoms. The fraction of sp³-hybridized carbons (Fsp3) is 0. The summed E-state index contributed by atoms with van der Waals surface area (Å²) in [4.78, 5) is 14.7. The molecule has 2 rings (SSSR count). The summed E-state index contributed by atoms with van der Waals surface area (Å²) >= 11 is 5.58. The Kier molecular flexibility index (Phi) is 1.19. The SMILES string of the molecule is O=c1[nH]nc2ncc(Cl)cn12. The van der Waals surface area contributed by atoms with Gasteiger partial charge in [-0.2, -0.15) is 0 Å². The Balaban J connectivity index is 2.99. The molecule has 56 valence electrons. The first-order valence-electron chi connectivity index (χ1n) is 2.85. The third kappa shape index (κ3) is 0.894. The summed E-state index contributed by atoms with van der Waals surface area (Å²) in [6.07, 6.45) is 2.88. The van der Waals surface area contributed by atoms with Crippen LogP contribution in [0.1, 0.15) is 0 Å². The molecule has 0 aliphatic carbocycles. The quantitative estimate of drug-likeness (QED) is 0.609. The summed E-state index contributed by atoms with van der Waals surface area (Å²) in [6.45, 7) is 0. The molecule has 0 saturated heterocycles. The number of halogens is 1. The maximum Gasteiger partial charge on any atom is 0.349 e. The maximum atomic E-state index is 10.9. The Hall–Kier alpha value is -1.36. The van der Waals surface area contributed by atoms with Crippen molar-refractivity contribution in [1.82, 2.24) is 19.6 Å². The predicted octanol–water partition coefficient (Wildman–Crippen LogP) is 0.0710. The second-order valence-corrected chi connectivity index (χ2v) is 2.41. The zero-order chi connectivity index (χ0) is 7.84. The molecule has 0 radical (unpaired) electrons. The van der Waals surface area contributed by atoms with Crippen LogP contribution in [0.4, 0.5) is 0 Å². The van der Waals surface area contributed by atoms with Gasteiger partial charge in [-0.1, -0.05) is 11.6 Å². The van der Waals surface area contributed by atoms with E-state index in [0.29, 0.717) is 10.8 Å². The standard InChI is InChI=1S/C5H3ClN4O/c6-3-1-7-4-8-9-5(11)10(4)2-3/h1-2H,(H,9,11). The van der Waals surface area contributed by atoms with E-state index < -0.39 is 0 Å². The average Bonchev–Trinajstić information content (AvgIpc) is 2.33. The van der Waals surface area contributed by atoms with Crippen LogP contribution < -0.4 is 5.69 Å². The molecular weight excluding hydrogens is 168 g/mol. The minimum absolute atomic E-state index is 0.319. The van der Waals surface area contributed by atoms with E-state index in [2.05, 4.69) is 15.2 Å². The van der Waals surface area contributed by atoms with E-state index in [4.69, 9.17) is 11.6 Å². The minimum atomic E-state index is -0.338. The number of hydrogen-bond donors (Lipinski definition) is 1. The number of aromatic amines is 1. The molecule has 0 spiro atoms. The van der Waals surface area contributed by atoms with Gasteiger partial charge in [0, 0.05) is 6.20 Å². The van der Waals surface area contributed by atoms with Gasteiger partial charge in [0.25, 0.3) is 5.78 Å². The summed E-state index contributed by atoms with van der Waals surface area (Å²) in [5.74, 6) is 0.319. The summed E-state index contributed by atoms with van der Waals surface area (Å²) in [5, 5.41) is 6.26. The van der Waals surface area contributed by atoms with Crippen LogP contribution in [0, 0.1) is 0 Å². The van der Waals surface area contributed by atoms with Crippen molar-refractivity contribution in [1.29, 1.82) is 0 Å². The summed E-state index contributed by atoms with van der Waals surface area (Å²) < 4.78 is 1.24. The van der Waals surface area contributed by atoms with Crippen molar-refractivity contribution in [3.05, 3.63) is 27.9 Å². The molecule has 11 heavy (non-hydrogen) atoms. The van der Waals surface area contributed by atoms with Crippen LogP contribution >= 0.6 is 11.6 Å². The molecule has 2 aromatic rings. The number of aromatic nitrogens is 4. The van der Waals surface area contributed by atoms with Crippen molar-refractivity contribution >= 4 is 17.4 Å². The largest absolute Gasteiger partial charge is 0.349 e. The second kappa shape index (κ2) is 2.06. The molecule has 0 aliphatic heterocycles. The molecule has 2 heterocycles. The monoisotopic (exact) mass is 170 g/mol. The van der Waals surface area contributed by atoms with E-state index in [-0.39, 0.29) is 5.69 Å². The highest BCUT2D eigenvalue weighted by Gasteiger charge is 1.99. The second-order valence-electron chi connectivity index (χ2n) is 1.97. The Morgan fingerprint density at radius 1 is 1.64 bits per heavy atom. The highest BCUT2D eigenvalue weighted by atomic mass is 35.5. The van der Waals surface area contributed by atoms with Gasteiger partial charge in [0.2, 0.25) is 0 Å². The van der Waals surface area contributed by atoms with Crippen LogP contribution in [0.3, 0.4) is 0 Å². The number of fused-ring (bicyclic) bond motifs is 1. The molecule has 1 N–H and O–H groups in total. The normalized spacial score (nSPS) is 10.6. The average molecular weight is 171 g/mol. The van der Waals surface area contributed by atoms with Crippen molar-refractivity contribution in [2.75, 3.05) is 0 Å². The number of hydrogen-bond acceptors (Lipinski definition) is 3. The zero-order valence-corrected chi connectivity index (χ0v) is 6.04. The van der Waals surface area contributed by atoms with E-state index in [0.717, 1.165) is 0 Å². The van der Waals surface area contributed by atoms with E-state index in [9.17, 15) is 4.79 Å². The summed E-state index contributed by atoms with van der Waals surface area (Å²) in [5.41, 5.74) is -0.338. The van der Waals surface area contributed by atoms with E-state index in [1.165, 1.54) is 16.8 Å². The third-order valence-electron chi connectivity index (χ3n) is 1.24. The number of rotatable bonds is 0. The Morgan fingerprint density at radius 3 is 3.27 bits per heavy atom. The highest BCUT2D eigenvalue weighted by Crippen LogP contribution is 2.03. The number of H-pyrrole nitrogens is 1. The van der Waals surface area contributed by atoms with Crippen LogP contribution in [0.15, 0.2) is 17.2 Å². The molecular formula is C5H3ClN4O. The van der Waals surface area contributed by atoms with Crippen molar-refractivity contribution < 1.29 is 0 Å². The van der Waals surface area contributed by atoms with Gasteiger partial charge in [0.1, 0.15) is 0 Å². The first-order valence-corrected chi connectivity index (χ1v) is 3.23. The lowest BCUT2D eigenvalue weighted by molar-refractivity contribution is 1.02. The number of nitrogens with one attached hydrogen (secondary N) is 1. The van der Waals surface area contributed by atoms with Gasteiger partial charge >= 0.3 is 5.69 Å². The van der Waals surface area contributed by atoms with Crippen molar-refractivity contribution in [2.45, 2.75) is 0 Å². The molecule has 2 aromatic heterocycles. The Labute approximate surface area is 65.6 Å². The summed E-state index contributed by atoms with van der Waals surface area (Å²) in [7, 11) is 0. The molecule has 0 bridgehead atoms. The molecule has 0 unspecified atom stereocenters. The van der Waals surface area contributed by atoms with Gasteiger partial charge in [0.15, 0.2) is 0 Å². The molecule has 0 atom stereocenters. The van der Waals surface area contributed by atoms with Crippen molar-refractivity contribution in [2.24, 2.45) is 0 Å². The first kappa shape index (κ1) is 6.36. The van der Waals surface area contributed by atoms with Gasteiger partial charge < -0.3 is 0 Å². The molecule has 0 saturated carbocycles. The van der Waals surface area contributed by atoms with Gasteiger partial charge in [-0.25, -0.2) is 19.3 Å². The van der Waals surface area contributed by atoms with Gasteiger partial charge in [-0.05, 0) is 0 Å². The Morgan fingerprint density at radius 2 is 2.45 bits per heavy atom. The third-order valence-corrected chi connectivity index (χ3v) is 1.44. The van der Waals surface area contributed by atoms with Gasteiger partial charge in [-0.3, -0.25) is 0 Å². The van der Waals surface area contributed by atoms with E-state index in [1.54, 1.807) is 0 Å². The zero-order valence-electron chi connectivity index (χ0n) is 5.28. The fourth-order valence-corrected chi connectivity index (χ4v) is 0.926. The van der Waals surface area contributed by atoms with Crippen LogP contribution in [-0.4, -0.2) is 19.6 Å². The lowest BCUT2D eigenvalue weighted by Crippen LogP contribution is -2.08.